The first kappa shape index (κ1) is 17.9. The SMILES string of the molecule is COc1ccccc1/C=C/C(=O)[C@@H](C#N)C(=O)Nc1ccc(F)cc1. The Morgan fingerprint density at radius 3 is 2.52 bits per heavy atom. The van der Waals surface area contributed by atoms with Crippen molar-refractivity contribution in [3.8, 4) is 11.8 Å². The predicted octanol–water partition coefficient (Wildman–Crippen LogP) is 3.20. The number of ketones is 1. The summed E-state index contributed by atoms with van der Waals surface area (Å²) in [4.78, 5) is 24.3. The molecule has 0 aliphatic rings. The number of carbonyl (C=O) groups excluding carboxylic acids is 2. The second-order valence-corrected chi connectivity index (χ2v) is 5.04. The molecule has 0 spiro atoms. The summed E-state index contributed by atoms with van der Waals surface area (Å²) in [7, 11) is 1.50. The van der Waals surface area contributed by atoms with Crippen molar-refractivity contribution in [1.82, 2.24) is 0 Å². The molecule has 2 aromatic rings. The van der Waals surface area contributed by atoms with Crippen LogP contribution in [0.4, 0.5) is 10.1 Å². The molecule has 1 amide bonds. The minimum absolute atomic E-state index is 0.299. The average molecular weight is 338 g/mol. The zero-order valence-electron chi connectivity index (χ0n) is 13.4. The number of ether oxygens (including phenoxy) is 1. The minimum atomic E-state index is -1.50. The highest BCUT2D eigenvalue weighted by atomic mass is 19.1. The van der Waals surface area contributed by atoms with Gasteiger partial charge in [0.15, 0.2) is 11.7 Å². The highest BCUT2D eigenvalue weighted by Crippen LogP contribution is 2.19. The van der Waals surface area contributed by atoms with Crippen LogP contribution in [0.5, 0.6) is 5.75 Å². The Kier molecular flexibility index (Phi) is 6.02. The molecule has 0 heterocycles. The van der Waals surface area contributed by atoms with Crippen LogP contribution in [0.25, 0.3) is 6.08 Å². The molecule has 0 saturated carbocycles. The molecule has 126 valence electrons. The van der Waals surface area contributed by atoms with Gasteiger partial charge in [0.05, 0.1) is 13.2 Å². The van der Waals surface area contributed by atoms with Crippen LogP contribution in [0.1, 0.15) is 5.56 Å². The number of hydrogen-bond acceptors (Lipinski definition) is 4. The Bertz CT molecular complexity index is 838. The minimum Gasteiger partial charge on any atom is -0.496 e. The van der Waals surface area contributed by atoms with E-state index < -0.39 is 23.4 Å². The molecule has 5 nitrogen and oxygen atoms in total. The number of para-hydroxylation sites is 1. The van der Waals surface area contributed by atoms with E-state index in [0.29, 0.717) is 17.0 Å². The number of methoxy groups -OCH3 is 1. The maximum Gasteiger partial charge on any atom is 0.249 e. The number of nitriles is 1. The van der Waals surface area contributed by atoms with Crippen LogP contribution in [0.2, 0.25) is 0 Å². The van der Waals surface area contributed by atoms with Crippen molar-refractivity contribution in [2.45, 2.75) is 0 Å². The number of carbonyl (C=O) groups is 2. The third-order valence-electron chi connectivity index (χ3n) is 3.35. The number of amides is 1. The van der Waals surface area contributed by atoms with E-state index in [9.17, 15) is 14.0 Å². The number of nitrogens with zero attached hydrogens (tertiary/aromatic N) is 1. The van der Waals surface area contributed by atoms with Crippen molar-refractivity contribution in [2.75, 3.05) is 12.4 Å². The van der Waals surface area contributed by atoms with Gasteiger partial charge in [-0.1, -0.05) is 18.2 Å². The van der Waals surface area contributed by atoms with Crippen molar-refractivity contribution in [3.63, 3.8) is 0 Å². The summed E-state index contributed by atoms with van der Waals surface area (Å²) in [5, 5.41) is 11.6. The van der Waals surface area contributed by atoms with Crippen LogP contribution in [0.15, 0.2) is 54.6 Å². The molecule has 2 aromatic carbocycles. The molecule has 0 aromatic heterocycles. The lowest BCUT2D eigenvalue weighted by Gasteiger charge is -2.08. The molecule has 1 atom stereocenters. The average Bonchev–Trinajstić information content (AvgIpc) is 2.62. The first-order valence-electron chi connectivity index (χ1n) is 7.36. The summed E-state index contributed by atoms with van der Waals surface area (Å²) in [5.41, 5.74) is 0.946. The fourth-order valence-electron chi connectivity index (χ4n) is 2.07. The molecule has 6 heteroatoms. The molecule has 0 saturated heterocycles. The van der Waals surface area contributed by atoms with Crippen molar-refractivity contribution in [3.05, 3.63) is 66.0 Å². The van der Waals surface area contributed by atoms with Gasteiger partial charge in [-0.2, -0.15) is 5.26 Å². The maximum absolute atomic E-state index is 12.9. The lowest BCUT2D eigenvalue weighted by molar-refractivity contribution is -0.126. The third-order valence-corrected chi connectivity index (χ3v) is 3.35. The summed E-state index contributed by atoms with van der Waals surface area (Å²) in [6, 6.07) is 13.7. The van der Waals surface area contributed by atoms with Gasteiger partial charge in [0.25, 0.3) is 0 Å². The van der Waals surface area contributed by atoms with E-state index >= 15 is 0 Å². The highest BCUT2D eigenvalue weighted by Gasteiger charge is 2.24. The Labute approximate surface area is 144 Å². The van der Waals surface area contributed by atoms with E-state index in [0.717, 1.165) is 6.08 Å². The summed E-state index contributed by atoms with van der Waals surface area (Å²) in [6.45, 7) is 0. The summed E-state index contributed by atoms with van der Waals surface area (Å²) < 4.78 is 18.0. The first-order chi connectivity index (χ1) is 12.0. The molecule has 0 bridgehead atoms. The Morgan fingerprint density at radius 1 is 1.20 bits per heavy atom. The van der Waals surface area contributed by atoms with Crippen LogP contribution in [-0.2, 0) is 9.59 Å². The van der Waals surface area contributed by atoms with Crippen LogP contribution < -0.4 is 10.1 Å². The van der Waals surface area contributed by atoms with Crippen molar-refractivity contribution >= 4 is 23.5 Å². The van der Waals surface area contributed by atoms with E-state index in [2.05, 4.69) is 5.32 Å². The van der Waals surface area contributed by atoms with Gasteiger partial charge in [0.2, 0.25) is 5.91 Å². The standard InChI is InChI=1S/C19H15FN2O3/c1-25-18-5-3-2-4-13(18)6-11-17(23)16(12-21)19(24)22-15-9-7-14(20)8-10-15/h2-11,16H,1H3,(H,22,24)/b11-6+/t16-/m1/s1. The summed E-state index contributed by atoms with van der Waals surface area (Å²) in [6.07, 6.45) is 2.65. The van der Waals surface area contributed by atoms with Gasteiger partial charge in [-0.25, -0.2) is 4.39 Å². The van der Waals surface area contributed by atoms with Crippen LogP contribution in [-0.4, -0.2) is 18.8 Å². The summed E-state index contributed by atoms with van der Waals surface area (Å²) >= 11 is 0. The smallest absolute Gasteiger partial charge is 0.249 e. The molecule has 0 aliphatic carbocycles. The number of rotatable bonds is 6. The first-order valence-corrected chi connectivity index (χ1v) is 7.36. The van der Waals surface area contributed by atoms with Gasteiger partial charge in [-0.15, -0.1) is 0 Å². The second-order valence-electron chi connectivity index (χ2n) is 5.04. The number of halogens is 1. The topological polar surface area (TPSA) is 79.2 Å². The van der Waals surface area contributed by atoms with E-state index in [-0.39, 0.29) is 0 Å². The Morgan fingerprint density at radius 2 is 1.88 bits per heavy atom. The van der Waals surface area contributed by atoms with Crippen molar-refractivity contribution < 1.29 is 18.7 Å². The molecule has 0 fully saturated rings. The Balaban J connectivity index is 2.10. The number of anilines is 1. The third kappa shape index (κ3) is 4.75. The zero-order valence-corrected chi connectivity index (χ0v) is 13.4. The number of nitrogens with one attached hydrogen (secondary N) is 1. The lowest BCUT2D eigenvalue weighted by atomic mass is 10.0. The maximum atomic E-state index is 12.9. The molecule has 0 unspecified atom stereocenters. The van der Waals surface area contributed by atoms with Gasteiger partial charge in [-0.05, 0) is 42.5 Å². The van der Waals surface area contributed by atoms with E-state index in [1.54, 1.807) is 30.3 Å². The second kappa shape index (κ2) is 8.41. The zero-order chi connectivity index (χ0) is 18.2. The summed E-state index contributed by atoms with van der Waals surface area (Å²) in [5.74, 6) is -2.82. The van der Waals surface area contributed by atoms with E-state index in [4.69, 9.17) is 10.00 Å². The van der Waals surface area contributed by atoms with Crippen molar-refractivity contribution in [2.24, 2.45) is 5.92 Å². The molecule has 2 rings (SSSR count). The van der Waals surface area contributed by atoms with Crippen LogP contribution in [0.3, 0.4) is 0 Å². The molecule has 1 N–H and O–H groups in total. The van der Waals surface area contributed by atoms with Crippen molar-refractivity contribution in [1.29, 1.82) is 5.26 Å². The Hall–Kier alpha value is -3.46. The fourth-order valence-corrected chi connectivity index (χ4v) is 2.07. The van der Waals surface area contributed by atoms with E-state index in [1.165, 1.54) is 37.5 Å². The van der Waals surface area contributed by atoms with Gasteiger partial charge in [0, 0.05) is 11.3 Å². The van der Waals surface area contributed by atoms with Crippen LogP contribution in [0, 0.1) is 23.1 Å². The largest absolute Gasteiger partial charge is 0.496 e. The molecular formula is C19H15FN2O3. The van der Waals surface area contributed by atoms with Gasteiger partial charge < -0.3 is 10.1 Å². The number of benzene rings is 2. The molecular weight excluding hydrogens is 323 g/mol. The lowest BCUT2D eigenvalue weighted by Crippen LogP contribution is -2.27. The predicted molar refractivity (Wildman–Crippen MR) is 91.2 cm³/mol. The normalized spacial score (nSPS) is 11.6. The van der Waals surface area contributed by atoms with E-state index in [1.807, 2.05) is 0 Å². The molecule has 25 heavy (non-hydrogen) atoms. The van der Waals surface area contributed by atoms with Crippen LogP contribution >= 0.6 is 0 Å². The monoisotopic (exact) mass is 338 g/mol. The molecule has 0 radical (unpaired) electrons. The molecule has 0 aliphatic heterocycles. The van der Waals surface area contributed by atoms with Gasteiger partial charge in [-0.3, -0.25) is 9.59 Å². The fraction of sp³-hybridized carbons (Fsp3) is 0.105. The quantitative estimate of drug-likeness (QED) is 0.648. The van der Waals surface area contributed by atoms with Gasteiger partial charge >= 0.3 is 0 Å². The number of allylic oxidation sites excluding steroid dienone is 1. The highest BCUT2D eigenvalue weighted by molar-refractivity contribution is 6.14. The number of hydrogen-bond donors (Lipinski definition) is 1. The van der Waals surface area contributed by atoms with Gasteiger partial charge in [0.1, 0.15) is 11.6 Å².